The Hall–Kier alpha value is -1.22. The molecule has 0 bridgehead atoms. The molecule has 2 amide bonds. The zero-order chi connectivity index (χ0) is 21.1. The first-order valence-corrected chi connectivity index (χ1v) is 10.0. The number of rotatable bonds is 0. The molecule has 8 nitrogen and oxygen atoms in total. The second-order valence-corrected chi connectivity index (χ2v) is 10.4. The molecule has 4 atom stereocenters. The average molecular weight is 399 g/mol. The van der Waals surface area contributed by atoms with E-state index in [9.17, 15) is 19.8 Å². The van der Waals surface area contributed by atoms with Gasteiger partial charge in [0.05, 0.1) is 13.1 Å². The average Bonchev–Trinajstić information content (AvgIpc) is 2.56. The fraction of sp³-hybridized carbons (Fsp3) is 0.900. The first kappa shape index (κ1) is 21.5. The van der Waals surface area contributed by atoms with Crippen molar-refractivity contribution in [3.05, 3.63) is 0 Å². The van der Waals surface area contributed by atoms with Gasteiger partial charge in [0.25, 0.3) is 0 Å². The van der Waals surface area contributed by atoms with Gasteiger partial charge < -0.3 is 29.5 Å². The minimum absolute atomic E-state index is 0.0298. The van der Waals surface area contributed by atoms with Crippen molar-refractivity contribution in [3.63, 3.8) is 0 Å². The molecule has 0 saturated carbocycles. The summed E-state index contributed by atoms with van der Waals surface area (Å²) in [6.07, 6.45) is -1.28. The van der Waals surface area contributed by atoms with Crippen LogP contribution in [0.25, 0.3) is 0 Å². The summed E-state index contributed by atoms with van der Waals surface area (Å²) in [5.74, 6) is -3.23. The number of ether oxygens (including phenoxy) is 2. The van der Waals surface area contributed by atoms with Crippen LogP contribution in [0.3, 0.4) is 0 Å². The maximum absolute atomic E-state index is 12.6. The summed E-state index contributed by atoms with van der Waals surface area (Å²) in [5.41, 5.74) is -1.08. The lowest BCUT2D eigenvalue weighted by molar-refractivity contribution is -0.438. The predicted octanol–water partition coefficient (Wildman–Crippen LogP) is 0.704. The fourth-order valence-electron chi connectivity index (χ4n) is 4.12. The Balaban J connectivity index is 1.75. The Kier molecular flexibility index (Phi) is 5.11. The molecule has 0 aromatic carbocycles. The maximum atomic E-state index is 12.6. The van der Waals surface area contributed by atoms with Crippen molar-refractivity contribution in [1.29, 1.82) is 0 Å². The molecule has 0 aromatic heterocycles. The van der Waals surface area contributed by atoms with Gasteiger partial charge in [-0.1, -0.05) is 41.5 Å². The topological polar surface area (TPSA) is 99.5 Å². The Morgan fingerprint density at radius 1 is 0.786 bits per heavy atom. The molecular weight excluding hydrogens is 364 g/mol. The van der Waals surface area contributed by atoms with Crippen molar-refractivity contribution in [2.75, 3.05) is 26.2 Å². The molecule has 0 aromatic rings. The minimum atomic E-state index is -1.58. The number of nitrogens with zero attached hydrogens (tertiary/aromatic N) is 2. The molecule has 3 fully saturated rings. The zero-order valence-electron chi connectivity index (χ0n) is 17.8. The lowest BCUT2D eigenvalue weighted by atomic mass is 9.88. The van der Waals surface area contributed by atoms with Crippen LogP contribution in [0, 0.1) is 10.8 Å². The van der Waals surface area contributed by atoms with E-state index >= 15 is 0 Å². The highest BCUT2D eigenvalue weighted by molar-refractivity contribution is 5.82. The SMILES string of the molecule is CC(C)(C)C(=O)N1CC[C@@]2(O)O[C@H]3CN(C(=O)C(C)(C)C)CC[C@@]3(O)O[C@H]2C1. The summed E-state index contributed by atoms with van der Waals surface area (Å²) in [5, 5.41) is 22.1. The second kappa shape index (κ2) is 6.65. The van der Waals surface area contributed by atoms with Gasteiger partial charge in [-0.05, 0) is 0 Å². The van der Waals surface area contributed by atoms with Crippen LogP contribution in [-0.4, -0.2) is 81.8 Å². The number of hydrogen-bond donors (Lipinski definition) is 2. The standard InChI is InChI=1S/C20H34N2O6/c1-17(2,3)15(23)21-9-7-19(25)13(11-21)27-20(26)8-10-22(12-14(20)28-19)16(24)18(4,5)6/h13-14,25-26H,7-12H2,1-6H3/t13-,14-,19+,20+/m0/s1. The van der Waals surface area contributed by atoms with Crippen LogP contribution in [0.5, 0.6) is 0 Å². The molecule has 3 heterocycles. The van der Waals surface area contributed by atoms with Crippen LogP contribution in [-0.2, 0) is 19.1 Å². The van der Waals surface area contributed by atoms with E-state index in [2.05, 4.69) is 0 Å². The van der Waals surface area contributed by atoms with E-state index in [0.29, 0.717) is 13.1 Å². The van der Waals surface area contributed by atoms with Crippen LogP contribution in [0.2, 0.25) is 0 Å². The van der Waals surface area contributed by atoms with E-state index in [4.69, 9.17) is 9.47 Å². The van der Waals surface area contributed by atoms with E-state index in [-0.39, 0.29) is 37.7 Å². The van der Waals surface area contributed by atoms with Crippen molar-refractivity contribution >= 4 is 11.8 Å². The number of piperidine rings is 2. The summed E-state index contributed by atoms with van der Waals surface area (Å²) < 4.78 is 11.9. The number of likely N-dealkylation sites (tertiary alicyclic amines) is 2. The summed E-state index contributed by atoms with van der Waals surface area (Å²) >= 11 is 0. The largest absolute Gasteiger partial charge is 0.363 e. The van der Waals surface area contributed by atoms with Crippen LogP contribution < -0.4 is 0 Å². The van der Waals surface area contributed by atoms with E-state index in [1.54, 1.807) is 9.80 Å². The zero-order valence-corrected chi connectivity index (χ0v) is 17.8. The van der Waals surface area contributed by atoms with Gasteiger partial charge in [-0.3, -0.25) is 9.59 Å². The second-order valence-electron chi connectivity index (χ2n) is 10.4. The van der Waals surface area contributed by atoms with Crippen molar-refractivity contribution in [2.45, 2.75) is 78.2 Å². The van der Waals surface area contributed by atoms with E-state index in [1.807, 2.05) is 41.5 Å². The number of fused-ring (bicyclic) bond motifs is 2. The molecule has 2 N–H and O–H groups in total. The molecule has 0 unspecified atom stereocenters. The fourth-order valence-corrected chi connectivity index (χ4v) is 4.12. The van der Waals surface area contributed by atoms with E-state index in [1.165, 1.54) is 0 Å². The number of amides is 2. The maximum Gasteiger partial charge on any atom is 0.228 e. The van der Waals surface area contributed by atoms with Crippen molar-refractivity contribution in [3.8, 4) is 0 Å². The third kappa shape index (κ3) is 3.79. The summed E-state index contributed by atoms with van der Waals surface area (Å²) in [4.78, 5) is 28.5. The Morgan fingerprint density at radius 3 is 1.39 bits per heavy atom. The van der Waals surface area contributed by atoms with Gasteiger partial charge in [-0.25, -0.2) is 0 Å². The highest BCUT2D eigenvalue weighted by Crippen LogP contribution is 2.42. The van der Waals surface area contributed by atoms with Crippen LogP contribution in [0.15, 0.2) is 0 Å². The van der Waals surface area contributed by atoms with Crippen LogP contribution in [0.1, 0.15) is 54.4 Å². The van der Waals surface area contributed by atoms with Crippen molar-refractivity contribution in [2.24, 2.45) is 10.8 Å². The Labute approximate surface area is 166 Å². The molecular formula is C20H34N2O6. The molecule has 0 spiro atoms. The third-order valence-corrected chi connectivity index (χ3v) is 5.81. The summed E-state index contributed by atoms with van der Waals surface area (Å²) in [6, 6.07) is 0. The Bertz CT molecular complexity index is 598. The molecule has 0 aliphatic carbocycles. The summed E-state index contributed by atoms with van der Waals surface area (Å²) in [7, 11) is 0. The highest BCUT2D eigenvalue weighted by atomic mass is 16.7. The lowest BCUT2D eigenvalue weighted by Gasteiger charge is -2.57. The monoisotopic (exact) mass is 398 g/mol. The van der Waals surface area contributed by atoms with Crippen molar-refractivity contribution < 1.29 is 29.3 Å². The predicted molar refractivity (Wildman–Crippen MR) is 101 cm³/mol. The minimum Gasteiger partial charge on any atom is -0.363 e. The van der Waals surface area contributed by atoms with Gasteiger partial charge in [0.15, 0.2) is 11.6 Å². The summed E-state index contributed by atoms with van der Waals surface area (Å²) in [6.45, 7) is 12.1. The van der Waals surface area contributed by atoms with Gasteiger partial charge >= 0.3 is 0 Å². The molecule has 8 heteroatoms. The third-order valence-electron chi connectivity index (χ3n) is 5.81. The number of aliphatic hydroxyl groups is 2. The molecule has 28 heavy (non-hydrogen) atoms. The van der Waals surface area contributed by atoms with E-state index in [0.717, 1.165) is 0 Å². The quantitative estimate of drug-likeness (QED) is 0.623. The number of carbonyl (C=O) groups excluding carboxylic acids is 2. The highest BCUT2D eigenvalue weighted by Gasteiger charge is 2.60. The molecule has 3 saturated heterocycles. The van der Waals surface area contributed by atoms with Crippen molar-refractivity contribution in [1.82, 2.24) is 9.80 Å². The molecule has 3 aliphatic rings. The number of carbonyl (C=O) groups is 2. The molecule has 3 aliphatic heterocycles. The van der Waals surface area contributed by atoms with E-state index < -0.39 is 34.6 Å². The van der Waals surface area contributed by atoms with Gasteiger partial charge in [0.2, 0.25) is 11.8 Å². The smallest absolute Gasteiger partial charge is 0.228 e. The first-order chi connectivity index (χ1) is 12.7. The van der Waals surface area contributed by atoms with Crippen LogP contribution >= 0.6 is 0 Å². The normalized spacial score (nSPS) is 36.6. The van der Waals surface area contributed by atoms with Gasteiger partial charge in [-0.15, -0.1) is 0 Å². The Morgan fingerprint density at radius 2 is 1.11 bits per heavy atom. The number of hydrogen-bond acceptors (Lipinski definition) is 6. The van der Waals surface area contributed by atoms with Gasteiger partial charge in [0, 0.05) is 36.8 Å². The van der Waals surface area contributed by atoms with Gasteiger partial charge in [-0.2, -0.15) is 0 Å². The molecule has 160 valence electrons. The van der Waals surface area contributed by atoms with Gasteiger partial charge in [0.1, 0.15) is 12.2 Å². The first-order valence-electron chi connectivity index (χ1n) is 10.0. The van der Waals surface area contributed by atoms with Crippen LogP contribution in [0.4, 0.5) is 0 Å². The lowest BCUT2D eigenvalue weighted by Crippen LogP contribution is -2.73. The molecule has 3 rings (SSSR count). The molecule has 0 radical (unpaired) electrons.